The van der Waals surface area contributed by atoms with Gasteiger partial charge in [0, 0.05) is 68.4 Å². The van der Waals surface area contributed by atoms with Crippen molar-refractivity contribution in [2.45, 2.75) is 25.0 Å². The average Bonchev–Trinajstić information content (AvgIpc) is 3.20. The second-order valence-corrected chi connectivity index (χ2v) is 7.82. The second kappa shape index (κ2) is 7.60. The van der Waals surface area contributed by atoms with E-state index in [-0.39, 0.29) is 5.91 Å². The highest BCUT2D eigenvalue weighted by molar-refractivity contribution is 5.88. The lowest BCUT2D eigenvalue weighted by Gasteiger charge is -2.46. The van der Waals surface area contributed by atoms with Gasteiger partial charge in [-0.3, -0.25) is 4.79 Å². The van der Waals surface area contributed by atoms with Crippen molar-refractivity contribution >= 4 is 22.8 Å². The number of benzene rings is 1. The van der Waals surface area contributed by atoms with Crippen LogP contribution in [0.15, 0.2) is 42.7 Å². The first-order chi connectivity index (χ1) is 14.7. The third kappa shape index (κ3) is 3.27. The minimum Gasteiger partial charge on any atom is -0.481 e. The van der Waals surface area contributed by atoms with Gasteiger partial charge in [0.05, 0.1) is 13.7 Å². The second-order valence-electron chi connectivity index (χ2n) is 7.82. The van der Waals surface area contributed by atoms with E-state index in [9.17, 15) is 4.79 Å². The minimum absolute atomic E-state index is 0.0882. The van der Waals surface area contributed by atoms with Gasteiger partial charge in [-0.05, 0) is 11.6 Å². The first kappa shape index (κ1) is 18.9. The van der Waals surface area contributed by atoms with Crippen LogP contribution in [-0.2, 0) is 16.1 Å². The van der Waals surface area contributed by atoms with Crippen molar-refractivity contribution in [2.75, 3.05) is 38.3 Å². The van der Waals surface area contributed by atoms with Crippen LogP contribution in [0.25, 0.3) is 10.9 Å². The number of nitrogens with one attached hydrogen (secondary N) is 1. The van der Waals surface area contributed by atoms with Gasteiger partial charge in [0.15, 0.2) is 0 Å². The average molecular weight is 407 g/mol. The number of para-hydroxylation sites is 1. The Balaban J connectivity index is 1.30. The van der Waals surface area contributed by atoms with Gasteiger partial charge in [-0.2, -0.15) is 4.98 Å². The fourth-order valence-electron chi connectivity index (χ4n) is 4.45. The molecule has 1 aromatic carbocycles. The monoisotopic (exact) mass is 407 g/mol. The Morgan fingerprint density at radius 3 is 2.87 bits per heavy atom. The molecule has 2 aliphatic heterocycles. The van der Waals surface area contributed by atoms with Crippen molar-refractivity contribution in [1.82, 2.24) is 19.9 Å². The normalized spacial score (nSPS) is 18.9. The molecule has 0 radical (unpaired) electrons. The van der Waals surface area contributed by atoms with Crippen molar-refractivity contribution in [3.05, 3.63) is 48.3 Å². The molecule has 1 spiro atoms. The molecule has 8 nitrogen and oxygen atoms in total. The number of H-pyrrole nitrogens is 1. The van der Waals surface area contributed by atoms with E-state index in [0.717, 1.165) is 16.5 Å². The zero-order valence-corrected chi connectivity index (χ0v) is 17.0. The highest BCUT2D eigenvalue weighted by atomic mass is 16.5. The number of hydrogen-bond donors (Lipinski definition) is 1. The van der Waals surface area contributed by atoms with E-state index in [1.54, 1.807) is 19.4 Å². The highest BCUT2D eigenvalue weighted by Gasteiger charge is 2.47. The molecule has 2 saturated heterocycles. The van der Waals surface area contributed by atoms with Crippen LogP contribution in [0.4, 0.5) is 5.95 Å². The van der Waals surface area contributed by atoms with Gasteiger partial charge in [0.25, 0.3) is 5.91 Å². The minimum atomic E-state index is -0.750. The number of hydrogen-bond acceptors (Lipinski definition) is 6. The van der Waals surface area contributed by atoms with E-state index < -0.39 is 5.60 Å². The molecule has 1 N–H and O–H groups in total. The topological polar surface area (TPSA) is 83.6 Å². The summed E-state index contributed by atoms with van der Waals surface area (Å²) in [6.45, 7) is 3.10. The maximum absolute atomic E-state index is 13.4. The van der Waals surface area contributed by atoms with Crippen molar-refractivity contribution in [3.63, 3.8) is 0 Å². The molecule has 0 saturated carbocycles. The summed E-state index contributed by atoms with van der Waals surface area (Å²) in [4.78, 5) is 29.5. The van der Waals surface area contributed by atoms with Crippen molar-refractivity contribution in [3.8, 4) is 5.88 Å². The van der Waals surface area contributed by atoms with E-state index in [2.05, 4.69) is 32.0 Å². The number of fused-ring (bicyclic) bond motifs is 1. The molecule has 2 fully saturated rings. The molecule has 2 aromatic heterocycles. The Morgan fingerprint density at radius 2 is 2.03 bits per heavy atom. The number of rotatable bonds is 4. The van der Waals surface area contributed by atoms with Gasteiger partial charge < -0.3 is 24.3 Å². The van der Waals surface area contributed by atoms with Crippen LogP contribution in [0.2, 0.25) is 0 Å². The molecule has 156 valence electrons. The maximum Gasteiger partial charge on any atom is 0.255 e. The Bertz CT molecular complexity index is 1060. The fraction of sp³-hybridized carbons (Fsp3) is 0.409. The highest BCUT2D eigenvalue weighted by Crippen LogP contribution is 2.33. The van der Waals surface area contributed by atoms with Crippen molar-refractivity contribution in [2.24, 2.45) is 0 Å². The van der Waals surface area contributed by atoms with Crippen LogP contribution in [-0.4, -0.2) is 64.7 Å². The number of ether oxygens (including phenoxy) is 2. The number of carbonyl (C=O) groups is 1. The molecular formula is C22H25N5O3. The van der Waals surface area contributed by atoms with E-state index in [0.29, 0.717) is 57.5 Å². The number of morpholine rings is 1. The Kier molecular flexibility index (Phi) is 4.78. The summed E-state index contributed by atoms with van der Waals surface area (Å²) < 4.78 is 11.3. The molecule has 0 atom stereocenters. The van der Waals surface area contributed by atoms with E-state index in [1.807, 2.05) is 23.2 Å². The summed E-state index contributed by atoms with van der Waals surface area (Å²) in [6.07, 6.45) is 4.94. The Hall–Kier alpha value is -3.13. The fourth-order valence-corrected chi connectivity index (χ4v) is 4.45. The van der Waals surface area contributed by atoms with E-state index in [1.165, 1.54) is 0 Å². The number of nitrogens with zero attached hydrogens (tertiary/aromatic N) is 4. The standard InChI is InChI=1S/C22H25N5O3/c1-29-19-6-9-23-21(25-19)26-10-7-22(8-11-26)20(28)27(12-13-30-22)15-16-14-24-18-5-3-2-4-17(16)18/h2-6,9,14,24H,7-8,10-13,15H2,1H3. The maximum atomic E-state index is 13.4. The summed E-state index contributed by atoms with van der Waals surface area (Å²) in [5.41, 5.74) is 1.48. The lowest BCUT2D eigenvalue weighted by Crippen LogP contribution is -2.60. The summed E-state index contributed by atoms with van der Waals surface area (Å²) >= 11 is 0. The molecule has 4 heterocycles. The van der Waals surface area contributed by atoms with Gasteiger partial charge in [-0.15, -0.1) is 0 Å². The first-order valence-corrected chi connectivity index (χ1v) is 10.3. The van der Waals surface area contributed by atoms with Crippen LogP contribution in [0.3, 0.4) is 0 Å². The number of piperidine rings is 1. The zero-order valence-electron chi connectivity index (χ0n) is 17.0. The summed E-state index contributed by atoms with van der Waals surface area (Å²) in [6, 6.07) is 9.91. The van der Waals surface area contributed by atoms with Crippen molar-refractivity contribution in [1.29, 1.82) is 0 Å². The van der Waals surface area contributed by atoms with Gasteiger partial charge in [0.1, 0.15) is 5.60 Å². The smallest absolute Gasteiger partial charge is 0.255 e. The Labute approximate surface area is 174 Å². The zero-order chi connectivity index (χ0) is 20.6. The largest absolute Gasteiger partial charge is 0.481 e. The molecule has 2 aliphatic rings. The van der Waals surface area contributed by atoms with Crippen LogP contribution in [0, 0.1) is 0 Å². The summed E-state index contributed by atoms with van der Waals surface area (Å²) in [7, 11) is 1.59. The van der Waals surface area contributed by atoms with Crippen LogP contribution in [0.5, 0.6) is 5.88 Å². The molecule has 1 amide bonds. The molecule has 3 aromatic rings. The molecule has 0 bridgehead atoms. The van der Waals surface area contributed by atoms with E-state index >= 15 is 0 Å². The predicted octanol–water partition coefficient (Wildman–Crippen LogP) is 2.36. The van der Waals surface area contributed by atoms with Gasteiger partial charge in [0.2, 0.25) is 11.8 Å². The molecular weight excluding hydrogens is 382 g/mol. The van der Waals surface area contributed by atoms with Crippen LogP contribution < -0.4 is 9.64 Å². The van der Waals surface area contributed by atoms with E-state index in [4.69, 9.17) is 9.47 Å². The third-order valence-electron chi connectivity index (χ3n) is 6.13. The van der Waals surface area contributed by atoms with Crippen LogP contribution in [0.1, 0.15) is 18.4 Å². The predicted molar refractivity (Wildman–Crippen MR) is 112 cm³/mol. The number of aromatic amines is 1. The van der Waals surface area contributed by atoms with Gasteiger partial charge in [-0.25, -0.2) is 4.98 Å². The summed E-state index contributed by atoms with van der Waals surface area (Å²) in [5, 5.41) is 1.16. The molecule has 5 rings (SSSR count). The number of anilines is 1. The first-order valence-electron chi connectivity index (χ1n) is 10.3. The van der Waals surface area contributed by atoms with Gasteiger partial charge >= 0.3 is 0 Å². The number of methoxy groups -OCH3 is 1. The van der Waals surface area contributed by atoms with Crippen LogP contribution >= 0.6 is 0 Å². The number of amides is 1. The summed E-state index contributed by atoms with van der Waals surface area (Å²) in [5.74, 6) is 1.25. The molecule has 0 aliphatic carbocycles. The van der Waals surface area contributed by atoms with Gasteiger partial charge in [-0.1, -0.05) is 18.2 Å². The lowest BCUT2D eigenvalue weighted by molar-refractivity contribution is -0.176. The third-order valence-corrected chi connectivity index (χ3v) is 6.13. The number of aromatic nitrogens is 3. The quantitative estimate of drug-likeness (QED) is 0.715. The molecule has 8 heteroatoms. The number of carbonyl (C=O) groups excluding carboxylic acids is 1. The lowest BCUT2D eigenvalue weighted by atomic mass is 9.88. The molecule has 30 heavy (non-hydrogen) atoms. The Morgan fingerprint density at radius 1 is 1.20 bits per heavy atom. The molecule has 0 unspecified atom stereocenters. The SMILES string of the molecule is COc1ccnc(N2CCC3(CC2)OCCN(Cc2c[nH]c4ccccc24)C3=O)n1. The van der Waals surface area contributed by atoms with Crippen molar-refractivity contribution < 1.29 is 14.3 Å².